The molecular weight excluding hydrogens is 395 g/mol. The van der Waals surface area contributed by atoms with Crippen molar-refractivity contribution in [2.75, 3.05) is 10.6 Å². The van der Waals surface area contributed by atoms with Crippen LogP contribution in [0.3, 0.4) is 0 Å². The molecule has 0 atom stereocenters. The average Bonchev–Trinajstić information content (AvgIpc) is 3.07. The summed E-state index contributed by atoms with van der Waals surface area (Å²) in [4.78, 5) is 25.5. The highest BCUT2D eigenvalue weighted by Crippen LogP contribution is 2.32. The summed E-state index contributed by atoms with van der Waals surface area (Å²) in [6.45, 7) is 0. The van der Waals surface area contributed by atoms with Gasteiger partial charge in [-0.25, -0.2) is 4.39 Å². The zero-order valence-electron chi connectivity index (χ0n) is 14.9. The minimum absolute atomic E-state index is 0.0854. The third-order valence-corrected chi connectivity index (χ3v) is 4.48. The van der Waals surface area contributed by atoms with Gasteiger partial charge in [0.25, 0.3) is 11.8 Å². The summed E-state index contributed by atoms with van der Waals surface area (Å²) in [7, 11) is 0. The van der Waals surface area contributed by atoms with E-state index in [1.807, 2.05) is 0 Å². The predicted molar refractivity (Wildman–Crippen MR) is 110 cm³/mol. The zero-order valence-corrected chi connectivity index (χ0v) is 15.7. The van der Waals surface area contributed by atoms with Crippen molar-refractivity contribution < 1.29 is 18.4 Å². The minimum Gasteiger partial charge on any atom is -0.449 e. The number of halogens is 2. The largest absolute Gasteiger partial charge is 0.449 e. The number of nitrogens with one attached hydrogen (secondary N) is 2. The van der Waals surface area contributed by atoms with Crippen molar-refractivity contribution in [3.8, 4) is 0 Å². The van der Waals surface area contributed by atoms with Crippen LogP contribution in [0.15, 0.2) is 77.2 Å². The molecule has 1 heterocycles. The van der Waals surface area contributed by atoms with Crippen molar-refractivity contribution in [1.29, 1.82) is 0 Å². The summed E-state index contributed by atoms with van der Waals surface area (Å²) in [5.41, 5.74) is 1.30. The van der Waals surface area contributed by atoms with Crippen LogP contribution in [0.4, 0.5) is 15.8 Å². The third-order valence-electron chi connectivity index (χ3n) is 4.23. The minimum atomic E-state index is -0.613. The molecule has 3 aromatic carbocycles. The summed E-state index contributed by atoms with van der Waals surface area (Å²) in [5.74, 6) is -1.60. The Hall–Kier alpha value is -3.64. The number of furan rings is 1. The van der Waals surface area contributed by atoms with E-state index in [9.17, 15) is 14.0 Å². The number of amides is 2. The predicted octanol–water partition coefficient (Wildman–Crippen LogP) is 5.73. The third kappa shape index (κ3) is 3.97. The van der Waals surface area contributed by atoms with Crippen molar-refractivity contribution in [3.05, 3.63) is 95.0 Å². The maximum atomic E-state index is 13.4. The molecule has 0 aliphatic carbocycles. The van der Waals surface area contributed by atoms with Gasteiger partial charge in [-0.3, -0.25) is 9.59 Å². The Kier molecular flexibility index (Phi) is 5.01. The molecule has 2 amide bonds. The Morgan fingerprint density at radius 3 is 2.38 bits per heavy atom. The maximum absolute atomic E-state index is 13.4. The van der Waals surface area contributed by atoms with Crippen LogP contribution in [0.25, 0.3) is 11.0 Å². The van der Waals surface area contributed by atoms with E-state index in [0.29, 0.717) is 21.6 Å². The van der Waals surface area contributed by atoms with E-state index in [1.54, 1.807) is 54.6 Å². The first-order valence-electron chi connectivity index (χ1n) is 8.66. The van der Waals surface area contributed by atoms with Gasteiger partial charge in [-0.05, 0) is 54.6 Å². The fraction of sp³-hybridized carbons (Fsp3) is 0. The number of hydrogen-bond donors (Lipinski definition) is 2. The molecule has 0 unspecified atom stereocenters. The van der Waals surface area contributed by atoms with E-state index in [0.717, 1.165) is 0 Å². The molecule has 0 saturated heterocycles. The standard InChI is InChI=1S/C22H14ClFN2O3/c23-14-10-8-13(9-11-14)21(27)26-19-17-6-1-2-7-18(17)29-20(19)22(28)25-16-5-3-4-15(24)12-16/h1-12H,(H,25,28)(H,26,27). The van der Waals surface area contributed by atoms with Crippen LogP contribution in [0.5, 0.6) is 0 Å². The lowest BCUT2D eigenvalue weighted by Gasteiger charge is -2.08. The van der Waals surface area contributed by atoms with E-state index >= 15 is 0 Å². The highest BCUT2D eigenvalue weighted by atomic mass is 35.5. The number of hydrogen-bond acceptors (Lipinski definition) is 3. The Balaban J connectivity index is 1.69. The maximum Gasteiger partial charge on any atom is 0.293 e. The fourth-order valence-corrected chi connectivity index (χ4v) is 3.00. The number of carbonyl (C=O) groups is 2. The molecule has 0 aliphatic rings. The second-order valence-electron chi connectivity index (χ2n) is 6.23. The molecule has 0 saturated carbocycles. The van der Waals surface area contributed by atoms with Crippen LogP contribution in [0.1, 0.15) is 20.9 Å². The molecule has 144 valence electrons. The highest BCUT2D eigenvalue weighted by Gasteiger charge is 2.23. The molecule has 0 bridgehead atoms. The summed E-state index contributed by atoms with van der Waals surface area (Å²) in [5, 5.41) is 6.39. The molecule has 0 spiro atoms. The normalized spacial score (nSPS) is 10.7. The Labute approximate surface area is 170 Å². The van der Waals surface area contributed by atoms with Crippen molar-refractivity contribution in [2.45, 2.75) is 0 Å². The van der Waals surface area contributed by atoms with Crippen molar-refractivity contribution in [3.63, 3.8) is 0 Å². The van der Waals surface area contributed by atoms with Crippen molar-refractivity contribution >= 4 is 45.8 Å². The van der Waals surface area contributed by atoms with E-state index < -0.39 is 17.6 Å². The van der Waals surface area contributed by atoms with Gasteiger partial charge >= 0.3 is 0 Å². The number of anilines is 2. The molecule has 1 aromatic heterocycles. The van der Waals surface area contributed by atoms with Gasteiger partial charge in [-0.1, -0.05) is 29.8 Å². The summed E-state index contributed by atoms with van der Waals surface area (Å²) in [6.07, 6.45) is 0. The van der Waals surface area contributed by atoms with E-state index in [4.69, 9.17) is 16.0 Å². The second kappa shape index (κ2) is 7.77. The summed E-state index contributed by atoms with van der Waals surface area (Å²) < 4.78 is 19.1. The van der Waals surface area contributed by atoms with Gasteiger partial charge < -0.3 is 15.1 Å². The first-order valence-corrected chi connectivity index (χ1v) is 9.04. The molecule has 0 aliphatic heterocycles. The average molecular weight is 409 g/mol. The Bertz CT molecular complexity index is 1220. The Morgan fingerprint density at radius 2 is 1.62 bits per heavy atom. The van der Waals surface area contributed by atoms with Gasteiger partial charge in [0.15, 0.2) is 0 Å². The SMILES string of the molecule is O=C(Nc1c(C(=O)Nc2cccc(F)c2)oc2ccccc12)c1ccc(Cl)cc1. The first-order chi connectivity index (χ1) is 14.0. The van der Waals surface area contributed by atoms with E-state index in [-0.39, 0.29) is 17.1 Å². The first kappa shape index (κ1) is 18.7. The van der Waals surface area contributed by atoms with Gasteiger partial charge in [0.2, 0.25) is 5.76 Å². The highest BCUT2D eigenvalue weighted by molar-refractivity contribution is 6.30. The van der Waals surface area contributed by atoms with Crippen molar-refractivity contribution in [2.24, 2.45) is 0 Å². The van der Waals surface area contributed by atoms with Gasteiger partial charge in [-0.2, -0.15) is 0 Å². The van der Waals surface area contributed by atoms with Crippen LogP contribution in [-0.2, 0) is 0 Å². The lowest BCUT2D eigenvalue weighted by atomic mass is 10.1. The Morgan fingerprint density at radius 1 is 0.862 bits per heavy atom. The van der Waals surface area contributed by atoms with Crippen LogP contribution in [0, 0.1) is 5.82 Å². The topological polar surface area (TPSA) is 71.3 Å². The van der Waals surface area contributed by atoms with Gasteiger partial charge in [-0.15, -0.1) is 0 Å². The number of fused-ring (bicyclic) bond motifs is 1. The fourth-order valence-electron chi connectivity index (χ4n) is 2.87. The number of carbonyl (C=O) groups excluding carboxylic acids is 2. The van der Waals surface area contributed by atoms with Crippen LogP contribution in [-0.4, -0.2) is 11.8 Å². The van der Waals surface area contributed by atoms with Crippen LogP contribution in [0.2, 0.25) is 5.02 Å². The number of rotatable bonds is 4. The molecule has 7 heteroatoms. The zero-order chi connectivity index (χ0) is 20.4. The smallest absolute Gasteiger partial charge is 0.293 e. The van der Waals surface area contributed by atoms with E-state index in [2.05, 4.69) is 10.6 Å². The van der Waals surface area contributed by atoms with Gasteiger partial charge in [0, 0.05) is 21.7 Å². The molecule has 4 aromatic rings. The molecule has 0 radical (unpaired) electrons. The lowest BCUT2D eigenvalue weighted by Crippen LogP contribution is -2.17. The second-order valence-corrected chi connectivity index (χ2v) is 6.66. The molecular formula is C22H14ClFN2O3. The number of para-hydroxylation sites is 1. The summed E-state index contributed by atoms with van der Waals surface area (Å²) >= 11 is 5.87. The molecule has 2 N–H and O–H groups in total. The number of benzene rings is 3. The molecule has 29 heavy (non-hydrogen) atoms. The van der Waals surface area contributed by atoms with Gasteiger partial charge in [0.1, 0.15) is 17.1 Å². The monoisotopic (exact) mass is 408 g/mol. The van der Waals surface area contributed by atoms with Crippen molar-refractivity contribution in [1.82, 2.24) is 0 Å². The van der Waals surface area contributed by atoms with Crippen LogP contribution >= 0.6 is 11.6 Å². The van der Waals surface area contributed by atoms with Crippen LogP contribution < -0.4 is 10.6 Å². The molecule has 0 fully saturated rings. The van der Waals surface area contributed by atoms with E-state index in [1.165, 1.54) is 18.2 Å². The molecule has 5 nitrogen and oxygen atoms in total. The lowest BCUT2D eigenvalue weighted by molar-refractivity contribution is 0.0999. The summed E-state index contributed by atoms with van der Waals surface area (Å²) in [6, 6.07) is 18.8. The molecule has 4 rings (SSSR count). The quantitative estimate of drug-likeness (QED) is 0.453. The van der Waals surface area contributed by atoms with Gasteiger partial charge in [0.05, 0.1) is 0 Å².